The fourth-order valence-electron chi connectivity index (χ4n) is 0.632. The van der Waals surface area contributed by atoms with Gasteiger partial charge in [0.1, 0.15) is 0 Å². The van der Waals surface area contributed by atoms with Crippen LogP contribution in [0.5, 0.6) is 0 Å². The molecule has 0 unspecified atom stereocenters. The molecule has 0 radical (unpaired) electrons. The van der Waals surface area contributed by atoms with Gasteiger partial charge in [-0.15, -0.1) is 0 Å². The molecule has 0 amide bonds. The van der Waals surface area contributed by atoms with Crippen molar-refractivity contribution in [2.75, 3.05) is 13.2 Å². The van der Waals surface area contributed by atoms with Gasteiger partial charge in [0.15, 0.2) is 0 Å². The third-order valence-corrected chi connectivity index (χ3v) is 1.75. The second-order valence-electron chi connectivity index (χ2n) is 3.00. The maximum absolute atomic E-state index is 10.4. The van der Waals surface area contributed by atoms with Crippen molar-refractivity contribution in [1.29, 1.82) is 0 Å². The van der Waals surface area contributed by atoms with Crippen molar-refractivity contribution >= 4 is 19.8 Å². The van der Waals surface area contributed by atoms with Crippen LogP contribution in [0.3, 0.4) is 0 Å². The highest BCUT2D eigenvalue weighted by Crippen LogP contribution is 2.36. The Balaban J connectivity index is 0. The van der Waals surface area contributed by atoms with Crippen LogP contribution in [0.15, 0.2) is 0 Å². The third-order valence-electron chi connectivity index (χ3n) is 1.31. The maximum Gasteiger partial charge on any atom is 0.526 e. The summed E-state index contributed by atoms with van der Waals surface area (Å²) in [5.41, 5.74) is 0. The van der Waals surface area contributed by atoms with Crippen molar-refractivity contribution in [2.45, 2.75) is 25.7 Å². The number of phosphoric acid groups is 1. The summed E-state index contributed by atoms with van der Waals surface area (Å²) < 4.78 is 13.7. The summed E-state index contributed by atoms with van der Waals surface area (Å²) in [5, 5.41) is 24.2. The Kier molecular flexibility index (Phi) is 12.0. The fourth-order valence-corrected chi connectivity index (χ4v) is 0.989. The Morgan fingerprint density at radius 1 is 1.00 bits per heavy atom. The highest BCUT2D eigenvalue weighted by molar-refractivity contribution is 7.46. The predicted molar refractivity (Wildman–Crippen MR) is 58.4 cm³/mol. The van der Waals surface area contributed by atoms with Crippen LogP contribution >= 0.6 is 7.82 Å². The first-order chi connectivity index (χ1) is 8.22. The molecule has 0 aliphatic rings. The van der Waals surface area contributed by atoms with Crippen LogP contribution in [0.1, 0.15) is 25.7 Å². The molecule has 0 heterocycles. The molecule has 5 N–H and O–H groups in total. The molecular formula is C8H17O9P. The van der Waals surface area contributed by atoms with E-state index in [4.69, 9.17) is 25.1 Å². The Bertz CT molecular complexity index is 284. The first-order valence-electron chi connectivity index (χ1n) is 4.94. The van der Waals surface area contributed by atoms with Crippen LogP contribution < -0.4 is 0 Å². The smallest absolute Gasteiger partial charge is 0.481 e. The minimum atomic E-state index is -4.69. The number of carbonyl (C=O) groups excluding carboxylic acids is 1. The van der Waals surface area contributed by atoms with Gasteiger partial charge in [0.25, 0.3) is 0 Å². The van der Waals surface area contributed by atoms with E-state index in [1.165, 1.54) is 0 Å². The molecule has 0 saturated heterocycles. The molecule has 0 rings (SSSR count). The zero-order chi connectivity index (χ0) is 14.6. The first kappa shape index (κ1) is 19.4. The molecule has 9 nitrogen and oxygen atoms in total. The number of aliphatic hydroxyl groups is 2. The molecule has 0 aliphatic carbocycles. The monoisotopic (exact) mass is 288 g/mol. The second kappa shape index (κ2) is 11.1. The molecule has 0 aliphatic heterocycles. The van der Waals surface area contributed by atoms with Crippen molar-refractivity contribution in [3.8, 4) is 0 Å². The van der Waals surface area contributed by atoms with E-state index in [9.17, 15) is 14.2 Å². The molecule has 18 heavy (non-hydrogen) atoms. The minimum Gasteiger partial charge on any atom is -0.481 e. The van der Waals surface area contributed by atoms with Gasteiger partial charge in [-0.3, -0.25) is 19.4 Å². The molecule has 10 heteroatoms. The third kappa shape index (κ3) is 20.4. The van der Waals surface area contributed by atoms with Gasteiger partial charge in [-0.1, -0.05) is 0 Å². The summed E-state index contributed by atoms with van der Waals surface area (Å²) in [6.07, 6.45) is 0.367. The zero-order valence-electron chi connectivity index (χ0n) is 9.56. The molecule has 0 aromatic rings. The number of carboxylic acids is 1. The molecule has 0 atom stereocenters. The lowest BCUT2D eigenvalue weighted by Crippen LogP contribution is -2.02. The summed E-state index contributed by atoms with van der Waals surface area (Å²) >= 11 is 0. The van der Waals surface area contributed by atoms with E-state index in [1.54, 1.807) is 0 Å². The van der Waals surface area contributed by atoms with Gasteiger partial charge in [0, 0.05) is 26.1 Å². The van der Waals surface area contributed by atoms with Gasteiger partial charge >= 0.3 is 19.8 Å². The standard InChI is InChI=1S/C4H9O6P.C4H8O3/c5-3-1-2-4(6)10-11(7,8)9;5-3-1-2-4(6)7/h5H,1-3H2,(H2,7,8,9);5H,1-3H2,(H,6,7). The normalized spacial score (nSPS) is 10.2. The van der Waals surface area contributed by atoms with Crippen LogP contribution in [0.25, 0.3) is 0 Å². The Hall–Kier alpha value is -0.990. The van der Waals surface area contributed by atoms with Crippen LogP contribution in [-0.2, 0) is 18.7 Å². The number of aliphatic hydroxyl groups excluding tert-OH is 2. The van der Waals surface area contributed by atoms with E-state index < -0.39 is 19.8 Å². The number of rotatable bonds is 7. The number of hydrogen-bond acceptors (Lipinski definition) is 6. The van der Waals surface area contributed by atoms with Gasteiger partial charge in [0.2, 0.25) is 0 Å². The largest absolute Gasteiger partial charge is 0.526 e. The molecule has 0 bridgehead atoms. The molecular weight excluding hydrogens is 271 g/mol. The lowest BCUT2D eigenvalue weighted by Gasteiger charge is -2.03. The lowest BCUT2D eigenvalue weighted by molar-refractivity contribution is -0.137. The van der Waals surface area contributed by atoms with E-state index in [0.717, 1.165) is 0 Å². The predicted octanol–water partition coefficient (Wildman–Crippen LogP) is -0.762. The summed E-state index contributed by atoms with van der Waals surface area (Å²) in [7, 11) is -4.69. The van der Waals surface area contributed by atoms with E-state index in [-0.39, 0.29) is 32.5 Å². The van der Waals surface area contributed by atoms with E-state index >= 15 is 0 Å². The summed E-state index contributed by atoms with van der Waals surface area (Å²) in [6, 6.07) is 0. The minimum absolute atomic E-state index is 0.0354. The van der Waals surface area contributed by atoms with E-state index in [1.807, 2.05) is 0 Å². The summed E-state index contributed by atoms with van der Waals surface area (Å²) in [5.74, 6) is -1.86. The molecule has 0 fully saturated rings. The fraction of sp³-hybridized carbons (Fsp3) is 0.750. The molecule has 0 aromatic heterocycles. The number of hydrogen-bond donors (Lipinski definition) is 5. The number of carboxylic acid groups (broad SMARTS) is 1. The topological polar surface area (TPSA) is 162 Å². The van der Waals surface area contributed by atoms with Crippen LogP contribution in [0.2, 0.25) is 0 Å². The quantitative estimate of drug-likeness (QED) is 0.379. The molecule has 0 spiro atoms. The second-order valence-corrected chi connectivity index (χ2v) is 4.17. The van der Waals surface area contributed by atoms with Crippen molar-refractivity contribution in [3.05, 3.63) is 0 Å². The van der Waals surface area contributed by atoms with E-state index in [2.05, 4.69) is 4.52 Å². The summed E-state index contributed by atoms with van der Waals surface area (Å²) in [6.45, 7) is -0.247. The van der Waals surface area contributed by atoms with E-state index in [0.29, 0.717) is 6.42 Å². The number of carbonyl (C=O) groups is 2. The maximum atomic E-state index is 10.4. The van der Waals surface area contributed by atoms with Crippen molar-refractivity contribution in [3.63, 3.8) is 0 Å². The lowest BCUT2D eigenvalue weighted by atomic mass is 10.3. The van der Waals surface area contributed by atoms with Gasteiger partial charge in [-0.25, -0.2) is 4.57 Å². The number of aliphatic carboxylic acids is 1. The Morgan fingerprint density at radius 2 is 1.44 bits per heavy atom. The summed E-state index contributed by atoms with van der Waals surface area (Å²) in [4.78, 5) is 36.2. The SMILES string of the molecule is O=C(CCCO)OP(=O)(O)O.O=C(O)CCCO. The van der Waals surface area contributed by atoms with Gasteiger partial charge in [-0.05, 0) is 12.8 Å². The molecule has 0 saturated carbocycles. The van der Waals surface area contributed by atoms with Gasteiger partial charge in [0.05, 0.1) is 0 Å². The Labute approximate surface area is 103 Å². The zero-order valence-corrected chi connectivity index (χ0v) is 10.5. The average molecular weight is 288 g/mol. The average Bonchev–Trinajstić information content (AvgIpc) is 2.22. The van der Waals surface area contributed by atoms with Gasteiger partial charge < -0.3 is 19.8 Å². The first-order valence-corrected chi connectivity index (χ1v) is 6.47. The van der Waals surface area contributed by atoms with Crippen LogP contribution in [0.4, 0.5) is 0 Å². The van der Waals surface area contributed by atoms with Gasteiger partial charge in [-0.2, -0.15) is 0 Å². The van der Waals surface area contributed by atoms with Crippen molar-refractivity contribution < 1.29 is 43.8 Å². The van der Waals surface area contributed by atoms with Crippen LogP contribution in [-0.4, -0.2) is 50.3 Å². The molecule has 108 valence electrons. The van der Waals surface area contributed by atoms with Crippen molar-refractivity contribution in [1.82, 2.24) is 0 Å². The molecule has 0 aromatic carbocycles. The highest BCUT2D eigenvalue weighted by Gasteiger charge is 2.19. The van der Waals surface area contributed by atoms with Crippen molar-refractivity contribution in [2.24, 2.45) is 0 Å². The Morgan fingerprint density at radius 3 is 1.72 bits per heavy atom. The highest BCUT2D eigenvalue weighted by atomic mass is 31.2. The number of phosphoric ester groups is 1. The van der Waals surface area contributed by atoms with Crippen LogP contribution in [0, 0.1) is 0 Å².